The molecule has 5 nitrogen and oxygen atoms in total. The van der Waals surface area contributed by atoms with Gasteiger partial charge in [-0.3, -0.25) is 9.00 Å². The molecule has 0 saturated heterocycles. The van der Waals surface area contributed by atoms with E-state index < -0.39 is 16.9 Å². The van der Waals surface area contributed by atoms with E-state index in [9.17, 15) is 17.9 Å². The van der Waals surface area contributed by atoms with Crippen LogP contribution in [-0.4, -0.2) is 18.5 Å². The lowest BCUT2D eigenvalue weighted by atomic mass is 9.82. The third-order valence-electron chi connectivity index (χ3n) is 5.73. The van der Waals surface area contributed by atoms with Gasteiger partial charge in [0.1, 0.15) is 5.82 Å². The highest BCUT2D eigenvalue weighted by molar-refractivity contribution is 7.78. The first-order valence-electron chi connectivity index (χ1n) is 10.2. The van der Waals surface area contributed by atoms with E-state index in [0.717, 1.165) is 43.2 Å². The summed E-state index contributed by atoms with van der Waals surface area (Å²) in [6, 6.07) is 11.3. The number of aromatic nitrogens is 2. The van der Waals surface area contributed by atoms with Gasteiger partial charge in [0.25, 0.3) is 5.56 Å². The minimum Gasteiger partial charge on any atom is -0.772 e. The van der Waals surface area contributed by atoms with E-state index in [2.05, 4.69) is 5.10 Å². The molecule has 8 heteroatoms. The maximum absolute atomic E-state index is 13.6. The zero-order chi connectivity index (χ0) is 22.0. The highest BCUT2D eigenvalue weighted by atomic mass is 35.5. The van der Waals surface area contributed by atoms with Crippen molar-refractivity contribution in [1.29, 1.82) is 0 Å². The van der Waals surface area contributed by atoms with E-state index in [-0.39, 0.29) is 22.3 Å². The van der Waals surface area contributed by atoms with Crippen LogP contribution in [0.2, 0.25) is 5.02 Å². The summed E-state index contributed by atoms with van der Waals surface area (Å²) in [5, 5.41) is 4.28. The highest BCUT2D eigenvalue weighted by Crippen LogP contribution is 2.36. The summed E-state index contributed by atoms with van der Waals surface area (Å²) >= 11 is 3.76. The fourth-order valence-electron chi connectivity index (χ4n) is 4.20. The summed E-state index contributed by atoms with van der Waals surface area (Å²) in [7, 11) is 0. The Kier molecular flexibility index (Phi) is 6.65. The topological polar surface area (TPSA) is 75.0 Å². The number of hydrogen-bond donors (Lipinski definition) is 0. The molecule has 0 aliphatic heterocycles. The van der Waals surface area contributed by atoms with E-state index in [1.165, 1.54) is 22.9 Å². The van der Waals surface area contributed by atoms with Crippen molar-refractivity contribution in [3.8, 4) is 16.8 Å². The van der Waals surface area contributed by atoms with Crippen LogP contribution in [0, 0.1) is 5.82 Å². The van der Waals surface area contributed by atoms with Crippen LogP contribution in [0.4, 0.5) is 4.39 Å². The number of rotatable bonds is 5. The van der Waals surface area contributed by atoms with Gasteiger partial charge in [0.2, 0.25) is 0 Å². The number of halogens is 2. The van der Waals surface area contributed by atoms with E-state index >= 15 is 0 Å². The lowest BCUT2D eigenvalue weighted by molar-refractivity contribution is 0.439. The first-order valence-corrected chi connectivity index (χ1v) is 11.8. The molecule has 3 aromatic rings. The van der Waals surface area contributed by atoms with Crippen LogP contribution in [0.15, 0.2) is 53.5 Å². The molecule has 1 aliphatic carbocycles. The lowest BCUT2D eigenvalue weighted by Crippen LogP contribution is -2.28. The van der Waals surface area contributed by atoms with E-state index in [0.29, 0.717) is 16.8 Å². The van der Waals surface area contributed by atoms with Gasteiger partial charge in [0, 0.05) is 16.9 Å². The smallest absolute Gasteiger partial charge is 0.275 e. The first-order chi connectivity index (χ1) is 14.9. The Hall–Kier alpha value is -2.35. The number of hydrogen-bond acceptors (Lipinski definition) is 4. The fraction of sp³-hybridized carbons (Fsp3) is 0.304. The van der Waals surface area contributed by atoms with Gasteiger partial charge in [-0.05, 0) is 48.1 Å². The maximum Gasteiger partial charge on any atom is 0.275 e. The third kappa shape index (κ3) is 4.79. The molecule has 1 heterocycles. The summed E-state index contributed by atoms with van der Waals surface area (Å²) < 4.78 is 36.8. The Morgan fingerprint density at radius 3 is 2.48 bits per heavy atom. The zero-order valence-electron chi connectivity index (χ0n) is 16.7. The molecular weight excluding hydrogens is 439 g/mol. The van der Waals surface area contributed by atoms with Crippen molar-refractivity contribution < 1.29 is 13.2 Å². The average molecular weight is 460 g/mol. The van der Waals surface area contributed by atoms with Crippen LogP contribution in [-0.2, 0) is 16.8 Å². The third-order valence-corrected chi connectivity index (χ3v) is 6.58. The molecule has 1 unspecified atom stereocenters. The quantitative estimate of drug-likeness (QED) is 0.496. The Balaban J connectivity index is 1.83. The molecule has 1 aliphatic rings. The van der Waals surface area contributed by atoms with Crippen molar-refractivity contribution in [2.75, 3.05) is 0 Å². The summed E-state index contributed by atoms with van der Waals surface area (Å²) in [5.74, 6) is -0.502. The van der Waals surface area contributed by atoms with Crippen LogP contribution in [0.25, 0.3) is 16.8 Å². The van der Waals surface area contributed by atoms with Gasteiger partial charge >= 0.3 is 0 Å². The molecule has 31 heavy (non-hydrogen) atoms. The molecule has 1 aromatic heterocycles. The van der Waals surface area contributed by atoms with E-state index in [4.69, 9.17) is 11.6 Å². The SMILES string of the molecule is O=c1c(C2CCCCC2)c(-c2ccc(CS(=O)[O-])cc2)cnn1-c1ccc(F)c(Cl)c1. The molecule has 0 N–H and O–H groups in total. The van der Waals surface area contributed by atoms with Gasteiger partial charge < -0.3 is 4.55 Å². The van der Waals surface area contributed by atoms with Crippen molar-refractivity contribution >= 4 is 22.7 Å². The van der Waals surface area contributed by atoms with Crippen LogP contribution in [0.3, 0.4) is 0 Å². The van der Waals surface area contributed by atoms with Crippen molar-refractivity contribution in [2.24, 2.45) is 0 Å². The van der Waals surface area contributed by atoms with Crippen LogP contribution in [0.1, 0.15) is 49.1 Å². The second kappa shape index (κ2) is 9.42. The fourth-order valence-corrected chi connectivity index (χ4v) is 4.84. The van der Waals surface area contributed by atoms with Gasteiger partial charge in [-0.1, -0.05) is 66.2 Å². The normalized spacial score (nSPS) is 15.7. The molecule has 0 spiro atoms. The second-order valence-corrected chi connectivity index (χ2v) is 9.07. The van der Waals surface area contributed by atoms with Gasteiger partial charge in [-0.25, -0.2) is 4.39 Å². The molecular formula is C23H21ClFN2O3S-. The summed E-state index contributed by atoms with van der Waals surface area (Å²) in [5.41, 5.74) is 3.10. The van der Waals surface area contributed by atoms with Crippen LogP contribution < -0.4 is 5.56 Å². The number of nitrogens with zero attached hydrogens (tertiary/aromatic N) is 2. The van der Waals surface area contributed by atoms with Gasteiger partial charge in [0.05, 0.1) is 16.9 Å². The number of benzene rings is 2. The predicted molar refractivity (Wildman–Crippen MR) is 119 cm³/mol. The van der Waals surface area contributed by atoms with E-state index in [1.54, 1.807) is 18.3 Å². The Bertz CT molecular complexity index is 1170. The molecule has 162 valence electrons. The maximum atomic E-state index is 13.6. The predicted octanol–water partition coefficient (Wildman–Crippen LogP) is 5.12. The zero-order valence-corrected chi connectivity index (χ0v) is 18.3. The minimum absolute atomic E-state index is 0.0546. The van der Waals surface area contributed by atoms with Crippen molar-refractivity contribution in [3.05, 3.63) is 81.0 Å². The lowest BCUT2D eigenvalue weighted by Gasteiger charge is -2.24. The van der Waals surface area contributed by atoms with E-state index in [1.807, 2.05) is 12.1 Å². The molecule has 2 aromatic carbocycles. The standard InChI is InChI=1S/C23H22ClFN2O3S/c24-20-12-18(10-11-21(20)25)27-23(28)22(17-4-2-1-3-5-17)19(13-26-27)16-8-6-15(7-9-16)14-31(29)30/h6-13,17H,1-5,14H2,(H,29,30)/p-1. The molecule has 0 amide bonds. The molecule has 1 saturated carbocycles. The Morgan fingerprint density at radius 2 is 1.84 bits per heavy atom. The minimum atomic E-state index is -2.16. The van der Waals surface area contributed by atoms with Crippen LogP contribution in [0.5, 0.6) is 0 Å². The van der Waals surface area contributed by atoms with Crippen molar-refractivity contribution in [2.45, 2.75) is 43.8 Å². The average Bonchev–Trinajstić information content (AvgIpc) is 2.76. The molecule has 0 radical (unpaired) electrons. The Labute approximate surface area is 187 Å². The molecule has 1 atom stereocenters. The molecule has 0 bridgehead atoms. The van der Waals surface area contributed by atoms with Gasteiger partial charge in [-0.2, -0.15) is 9.78 Å². The highest BCUT2D eigenvalue weighted by Gasteiger charge is 2.24. The Morgan fingerprint density at radius 1 is 1.13 bits per heavy atom. The largest absolute Gasteiger partial charge is 0.772 e. The summed E-state index contributed by atoms with van der Waals surface area (Å²) in [6.07, 6.45) is 6.77. The monoisotopic (exact) mass is 459 g/mol. The van der Waals surface area contributed by atoms with Gasteiger partial charge in [-0.15, -0.1) is 0 Å². The van der Waals surface area contributed by atoms with Crippen molar-refractivity contribution in [1.82, 2.24) is 9.78 Å². The van der Waals surface area contributed by atoms with Crippen molar-refractivity contribution in [3.63, 3.8) is 0 Å². The summed E-state index contributed by atoms with van der Waals surface area (Å²) in [6.45, 7) is 0. The second-order valence-electron chi connectivity index (χ2n) is 7.77. The van der Waals surface area contributed by atoms with Gasteiger partial charge in [0.15, 0.2) is 0 Å². The molecule has 4 rings (SSSR count). The first kappa shape index (κ1) is 21.9. The van der Waals surface area contributed by atoms with Crippen LogP contribution >= 0.6 is 11.6 Å². The molecule has 1 fully saturated rings. The summed E-state index contributed by atoms with van der Waals surface area (Å²) in [4.78, 5) is 13.6.